The van der Waals surface area contributed by atoms with E-state index >= 15 is 0 Å². The second kappa shape index (κ2) is 16.1. The fourth-order valence-corrected chi connectivity index (χ4v) is 5.40. The van der Waals surface area contributed by atoms with Crippen molar-refractivity contribution in [2.24, 2.45) is 0 Å². The van der Waals surface area contributed by atoms with E-state index in [1.165, 1.54) is 21.9 Å². The smallest absolute Gasteiger partial charge is 0.412 e. The number of anilines is 1. The number of pyridine rings is 1. The summed E-state index contributed by atoms with van der Waals surface area (Å²) in [5.41, 5.74) is 0.411. The predicted octanol–water partition coefficient (Wildman–Crippen LogP) is 6.14. The maximum Gasteiger partial charge on any atom is 0.412 e. The molecule has 2 aromatic carbocycles. The van der Waals surface area contributed by atoms with E-state index in [0.29, 0.717) is 63.4 Å². The molecule has 0 radical (unpaired) electrons. The Balaban J connectivity index is 1.34. The topological polar surface area (TPSA) is 90.0 Å². The molecule has 0 saturated carbocycles. The lowest BCUT2D eigenvalue weighted by molar-refractivity contribution is -0.145. The van der Waals surface area contributed by atoms with Crippen LogP contribution in [0.2, 0.25) is 5.02 Å². The van der Waals surface area contributed by atoms with Crippen LogP contribution in [0.15, 0.2) is 54.7 Å². The number of ether oxygens (including phenoxy) is 1. The van der Waals surface area contributed by atoms with Crippen molar-refractivity contribution in [2.45, 2.75) is 38.0 Å². The van der Waals surface area contributed by atoms with E-state index in [-0.39, 0.29) is 18.2 Å². The molecule has 1 aromatic heterocycles. The van der Waals surface area contributed by atoms with E-state index in [1.807, 2.05) is 24.3 Å². The second-order valence-electron chi connectivity index (χ2n) is 11.0. The van der Waals surface area contributed by atoms with Crippen LogP contribution in [0.1, 0.15) is 24.8 Å². The molecule has 1 aliphatic rings. The normalized spacial score (nSPS) is 15.3. The molecule has 0 spiro atoms. The van der Waals surface area contributed by atoms with Crippen molar-refractivity contribution in [1.82, 2.24) is 25.0 Å². The Morgan fingerprint density at radius 3 is 2.58 bits per heavy atom. The van der Waals surface area contributed by atoms with Gasteiger partial charge in [0.2, 0.25) is 0 Å². The van der Waals surface area contributed by atoms with E-state index in [1.54, 1.807) is 25.4 Å². The highest BCUT2D eigenvalue weighted by atomic mass is 35.5. The molecule has 0 bridgehead atoms. The summed E-state index contributed by atoms with van der Waals surface area (Å²) in [4.78, 5) is 34.9. The Labute approximate surface area is 264 Å². The van der Waals surface area contributed by atoms with Gasteiger partial charge in [-0.2, -0.15) is 13.2 Å². The molecule has 1 aliphatic heterocycles. The lowest BCUT2D eigenvalue weighted by atomic mass is 10.1. The highest BCUT2D eigenvalue weighted by molar-refractivity contribution is 6.31. The van der Waals surface area contributed by atoms with Crippen LogP contribution in [0.3, 0.4) is 0 Å². The average Bonchev–Trinajstić information content (AvgIpc) is 3.22. The maximum atomic E-state index is 13.8. The average molecular weight is 653 g/mol. The molecule has 1 saturated heterocycles. The summed E-state index contributed by atoms with van der Waals surface area (Å²) >= 11 is 6.02. The van der Waals surface area contributed by atoms with Crippen LogP contribution in [0.5, 0.6) is 0 Å². The number of alkyl halides is 3. The third-order valence-corrected chi connectivity index (χ3v) is 8.12. The molecule has 3 aromatic rings. The van der Waals surface area contributed by atoms with Crippen molar-refractivity contribution in [3.8, 4) is 0 Å². The summed E-state index contributed by atoms with van der Waals surface area (Å²) in [7, 11) is 1.57. The minimum atomic E-state index is -4.23. The van der Waals surface area contributed by atoms with Gasteiger partial charge in [-0.15, -0.1) is 0 Å². The summed E-state index contributed by atoms with van der Waals surface area (Å²) < 4.78 is 57.9. The van der Waals surface area contributed by atoms with Gasteiger partial charge < -0.3 is 19.9 Å². The van der Waals surface area contributed by atoms with Gasteiger partial charge in [0.15, 0.2) is 0 Å². The lowest BCUT2D eigenvalue weighted by Crippen LogP contribution is -2.46. The summed E-state index contributed by atoms with van der Waals surface area (Å²) in [5.74, 6) is -0.279. The van der Waals surface area contributed by atoms with Crippen molar-refractivity contribution >= 4 is 40.3 Å². The van der Waals surface area contributed by atoms with Crippen LogP contribution in [-0.4, -0.2) is 96.9 Å². The third kappa shape index (κ3) is 10.7. The van der Waals surface area contributed by atoms with Crippen LogP contribution in [-0.2, 0) is 11.3 Å². The van der Waals surface area contributed by atoms with Crippen LogP contribution in [0, 0.1) is 5.82 Å². The molecule has 0 unspecified atom stereocenters. The summed E-state index contributed by atoms with van der Waals surface area (Å²) in [6, 6.07) is 12.6. The van der Waals surface area contributed by atoms with Gasteiger partial charge in [-0.05, 0) is 62.0 Å². The van der Waals surface area contributed by atoms with Crippen LogP contribution in [0.4, 0.5) is 33.0 Å². The maximum absolute atomic E-state index is 13.8. The molecule has 2 N–H and O–H groups in total. The van der Waals surface area contributed by atoms with E-state index in [9.17, 15) is 27.2 Å². The first-order valence-corrected chi connectivity index (χ1v) is 15.1. The molecular formula is C31H37ClF4N6O3. The Kier molecular flexibility index (Phi) is 12.2. The summed E-state index contributed by atoms with van der Waals surface area (Å²) in [5, 5.41) is 7.07. The Hall–Kier alpha value is -3.68. The molecule has 1 fully saturated rings. The number of hydrogen-bond donors (Lipinski definition) is 2. The molecule has 0 aliphatic carbocycles. The molecule has 244 valence electrons. The van der Waals surface area contributed by atoms with Crippen molar-refractivity contribution in [2.75, 3.05) is 58.2 Å². The number of carbonyl (C=O) groups excluding carboxylic acids is 2. The van der Waals surface area contributed by atoms with Gasteiger partial charge >= 0.3 is 18.3 Å². The molecule has 2 heterocycles. The number of benzene rings is 2. The van der Waals surface area contributed by atoms with Crippen molar-refractivity contribution in [1.29, 1.82) is 0 Å². The number of nitrogens with zero attached hydrogens (tertiary/aromatic N) is 4. The van der Waals surface area contributed by atoms with E-state index in [0.717, 1.165) is 10.8 Å². The monoisotopic (exact) mass is 652 g/mol. The SMILES string of the molecule is CN(C(=O)NCc1cccc(F)c1Cl)[C@@H](CCCN1CCCN(CC(F)(F)F)CC1)COC(=O)Nc1cc2ccccc2cn1. The van der Waals surface area contributed by atoms with Gasteiger partial charge in [0, 0.05) is 38.3 Å². The Morgan fingerprint density at radius 2 is 1.80 bits per heavy atom. The number of rotatable bonds is 11. The van der Waals surface area contributed by atoms with Crippen LogP contribution < -0.4 is 10.6 Å². The van der Waals surface area contributed by atoms with Gasteiger partial charge in [-0.1, -0.05) is 48.0 Å². The summed E-state index contributed by atoms with van der Waals surface area (Å²) in [6.07, 6.45) is -1.65. The Morgan fingerprint density at radius 1 is 1.07 bits per heavy atom. The van der Waals surface area contributed by atoms with E-state index < -0.39 is 36.7 Å². The molecule has 3 amide bonds. The minimum Gasteiger partial charge on any atom is -0.447 e. The number of carbonyl (C=O) groups is 2. The number of nitrogens with one attached hydrogen (secondary N) is 2. The summed E-state index contributed by atoms with van der Waals surface area (Å²) in [6.45, 7) is 1.43. The number of likely N-dealkylation sites (N-methyl/N-ethyl adjacent to an activating group) is 1. The number of fused-ring (bicyclic) bond motifs is 1. The van der Waals surface area contributed by atoms with Gasteiger partial charge in [0.1, 0.15) is 18.2 Å². The second-order valence-corrected chi connectivity index (χ2v) is 11.4. The minimum absolute atomic E-state index is 0.0103. The molecule has 14 heteroatoms. The van der Waals surface area contributed by atoms with E-state index in [2.05, 4.69) is 20.5 Å². The molecule has 4 rings (SSSR count). The van der Waals surface area contributed by atoms with Crippen molar-refractivity contribution in [3.63, 3.8) is 0 Å². The quantitative estimate of drug-likeness (QED) is 0.242. The van der Waals surface area contributed by atoms with Crippen molar-refractivity contribution < 1.29 is 31.9 Å². The molecule has 45 heavy (non-hydrogen) atoms. The first-order valence-electron chi connectivity index (χ1n) is 14.7. The first kappa shape index (κ1) is 34.2. The van der Waals surface area contributed by atoms with Gasteiger partial charge in [0.25, 0.3) is 0 Å². The standard InChI is InChI=1S/C31H37ClF4N6O3/c1-40(29(43)38-19-24-9-4-11-26(33)28(24)32)25(10-5-12-41-13-6-14-42(16-15-41)21-31(34,35)36)20-45-30(44)39-27-17-22-7-2-3-8-23(22)18-37-27/h2-4,7-9,11,17-18,25H,5-6,10,12-16,19-21H2,1H3,(H,38,43)(H,37,39,44)/t25-/m0/s1. The van der Waals surface area contributed by atoms with Gasteiger partial charge in [-0.3, -0.25) is 10.2 Å². The van der Waals surface area contributed by atoms with Gasteiger partial charge in [-0.25, -0.2) is 19.0 Å². The molecule has 1 atom stereocenters. The van der Waals surface area contributed by atoms with Gasteiger partial charge in [0.05, 0.1) is 17.6 Å². The van der Waals surface area contributed by atoms with Crippen LogP contribution >= 0.6 is 11.6 Å². The number of urea groups is 1. The zero-order valence-corrected chi connectivity index (χ0v) is 25.7. The highest BCUT2D eigenvalue weighted by Crippen LogP contribution is 2.21. The zero-order valence-electron chi connectivity index (χ0n) is 25.0. The first-order chi connectivity index (χ1) is 21.5. The molecule has 9 nitrogen and oxygen atoms in total. The zero-order chi connectivity index (χ0) is 32.4. The van der Waals surface area contributed by atoms with Crippen molar-refractivity contribution in [3.05, 3.63) is 71.1 Å². The lowest BCUT2D eigenvalue weighted by Gasteiger charge is -2.29. The highest BCUT2D eigenvalue weighted by Gasteiger charge is 2.31. The Bertz CT molecular complexity index is 1450. The van der Waals surface area contributed by atoms with Crippen LogP contribution in [0.25, 0.3) is 10.8 Å². The number of aromatic nitrogens is 1. The predicted molar refractivity (Wildman–Crippen MR) is 165 cm³/mol. The fraction of sp³-hybridized carbons (Fsp3) is 0.452. The fourth-order valence-electron chi connectivity index (χ4n) is 5.21. The largest absolute Gasteiger partial charge is 0.447 e. The third-order valence-electron chi connectivity index (χ3n) is 7.69. The molecular weight excluding hydrogens is 616 g/mol. The number of halogens is 5. The van der Waals surface area contributed by atoms with E-state index in [4.69, 9.17) is 16.3 Å². The number of amides is 3. The number of hydrogen-bond acceptors (Lipinski definition) is 6.